The van der Waals surface area contributed by atoms with Crippen molar-refractivity contribution in [3.05, 3.63) is 60.2 Å². The fraction of sp³-hybridized carbons (Fsp3) is 0.357. The van der Waals surface area contributed by atoms with Gasteiger partial charge in [-0.25, -0.2) is 4.79 Å². The van der Waals surface area contributed by atoms with Crippen LogP contribution in [-0.2, 0) is 20.8 Å². The number of unbranched alkanes of at least 4 members (excludes halogenated alkanes) is 2. The number of hydrogen-bond donors (Lipinski definition) is 3. The van der Waals surface area contributed by atoms with Crippen molar-refractivity contribution >= 4 is 34.5 Å². The molecule has 0 spiro atoms. The molecule has 2 aromatic carbocycles. The zero-order valence-electron chi connectivity index (χ0n) is 21.4. The van der Waals surface area contributed by atoms with Crippen LogP contribution in [0.3, 0.4) is 0 Å². The predicted molar refractivity (Wildman–Crippen MR) is 143 cm³/mol. The fourth-order valence-corrected chi connectivity index (χ4v) is 4.55. The molecule has 10 nitrogen and oxygen atoms in total. The summed E-state index contributed by atoms with van der Waals surface area (Å²) in [5.41, 5.74) is 4.19. The second-order valence-electron chi connectivity index (χ2n) is 9.33. The Kier molecular flexibility index (Phi) is 8.97. The highest BCUT2D eigenvalue weighted by molar-refractivity contribution is 5.97. The van der Waals surface area contributed by atoms with Gasteiger partial charge < -0.3 is 20.4 Å². The molecule has 10 heteroatoms. The molecule has 1 atom stereocenters. The van der Waals surface area contributed by atoms with Crippen LogP contribution in [0.25, 0.3) is 22.2 Å². The van der Waals surface area contributed by atoms with Crippen molar-refractivity contribution in [1.29, 1.82) is 0 Å². The number of Topliss-reactive ketones (excluding diaryl/α,β-unsaturated/α-hetero) is 1. The number of H-pyrrole nitrogens is 1. The third-order valence-electron chi connectivity index (χ3n) is 6.47. The van der Waals surface area contributed by atoms with Gasteiger partial charge in [0.2, 0.25) is 5.91 Å². The Bertz CT molecular complexity index is 1330. The third-order valence-corrected chi connectivity index (χ3v) is 6.47. The van der Waals surface area contributed by atoms with Gasteiger partial charge in [0.25, 0.3) is 5.91 Å². The number of benzene rings is 2. The Hall–Kier alpha value is -4.34. The van der Waals surface area contributed by atoms with Crippen molar-refractivity contribution in [2.24, 2.45) is 10.3 Å². The van der Waals surface area contributed by atoms with Crippen LogP contribution < -0.4 is 10.6 Å². The molecular formula is C28H32N6O4. The van der Waals surface area contributed by atoms with E-state index < -0.39 is 18.0 Å². The van der Waals surface area contributed by atoms with Crippen LogP contribution in [0.4, 0.5) is 4.79 Å². The van der Waals surface area contributed by atoms with Gasteiger partial charge in [-0.3, -0.25) is 9.59 Å². The lowest BCUT2D eigenvalue weighted by molar-refractivity contribution is -0.126. The van der Waals surface area contributed by atoms with E-state index in [4.69, 9.17) is 0 Å². The number of rotatable bonds is 12. The lowest BCUT2D eigenvalue weighted by Gasteiger charge is -2.20. The Morgan fingerprint density at radius 1 is 1.03 bits per heavy atom. The van der Waals surface area contributed by atoms with Gasteiger partial charge in [-0.15, -0.1) is 5.01 Å². The summed E-state index contributed by atoms with van der Waals surface area (Å²) >= 11 is 0. The maximum atomic E-state index is 13.1. The number of aromatic nitrogens is 1. The molecular weight excluding hydrogens is 484 g/mol. The summed E-state index contributed by atoms with van der Waals surface area (Å²) in [5.74, 6) is -0.761. The van der Waals surface area contributed by atoms with Crippen LogP contribution in [-0.4, -0.2) is 52.8 Å². The summed E-state index contributed by atoms with van der Waals surface area (Å²) in [6, 6.07) is 16.5. The van der Waals surface area contributed by atoms with Gasteiger partial charge in [-0.1, -0.05) is 66.6 Å². The van der Waals surface area contributed by atoms with E-state index in [1.54, 1.807) is 6.92 Å². The molecule has 0 bridgehead atoms. The molecule has 3 N–H and O–H groups in total. The van der Waals surface area contributed by atoms with Gasteiger partial charge in [0.1, 0.15) is 18.4 Å². The van der Waals surface area contributed by atoms with Crippen molar-refractivity contribution in [3.63, 3.8) is 0 Å². The van der Waals surface area contributed by atoms with Gasteiger partial charge in [0.15, 0.2) is 0 Å². The van der Waals surface area contributed by atoms with E-state index in [2.05, 4.69) is 32.0 Å². The number of carbonyl (C=O) groups excluding carboxylic acids is 4. The predicted octanol–water partition coefficient (Wildman–Crippen LogP) is 4.32. The molecule has 1 aliphatic rings. The average Bonchev–Trinajstić information content (AvgIpc) is 3.51. The smallest absolute Gasteiger partial charge is 0.347 e. The van der Waals surface area contributed by atoms with E-state index in [-0.39, 0.29) is 18.2 Å². The molecule has 4 amide bonds. The molecule has 1 aliphatic heterocycles. The highest BCUT2D eigenvalue weighted by atomic mass is 16.2. The lowest BCUT2D eigenvalue weighted by atomic mass is 10.0. The van der Waals surface area contributed by atoms with Crippen LogP contribution in [0.1, 0.15) is 44.6 Å². The van der Waals surface area contributed by atoms with E-state index in [0.717, 1.165) is 40.6 Å². The minimum absolute atomic E-state index is 0.123. The molecule has 2 heterocycles. The van der Waals surface area contributed by atoms with Crippen LogP contribution in [0.2, 0.25) is 0 Å². The summed E-state index contributed by atoms with van der Waals surface area (Å²) in [4.78, 5) is 52.3. The molecule has 1 aromatic heterocycles. The van der Waals surface area contributed by atoms with E-state index in [0.29, 0.717) is 37.2 Å². The molecule has 0 radical (unpaired) electrons. The summed E-state index contributed by atoms with van der Waals surface area (Å²) in [7, 11) is 0. The minimum atomic E-state index is -0.847. The molecule has 198 valence electrons. The monoisotopic (exact) mass is 516 g/mol. The van der Waals surface area contributed by atoms with Gasteiger partial charge >= 0.3 is 6.03 Å². The lowest BCUT2D eigenvalue weighted by Crippen LogP contribution is -2.51. The van der Waals surface area contributed by atoms with Crippen molar-refractivity contribution in [1.82, 2.24) is 20.6 Å². The fourth-order valence-electron chi connectivity index (χ4n) is 4.55. The number of nitrogens with one attached hydrogen (secondary N) is 3. The van der Waals surface area contributed by atoms with Gasteiger partial charge in [0.05, 0.1) is 0 Å². The number of ketones is 1. The van der Waals surface area contributed by atoms with Crippen LogP contribution >= 0.6 is 0 Å². The molecule has 4 rings (SSSR count). The van der Waals surface area contributed by atoms with Gasteiger partial charge in [-0.05, 0) is 43.4 Å². The molecule has 3 aromatic rings. The molecule has 0 saturated heterocycles. The second kappa shape index (κ2) is 12.8. The number of aromatic amines is 1. The number of carbonyl (C=O) groups is 4. The summed E-state index contributed by atoms with van der Waals surface area (Å²) in [5, 5.41) is 14.4. The first-order valence-corrected chi connectivity index (χ1v) is 12.9. The number of nitrogens with zero attached hydrogens (tertiary/aromatic N) is 3. The standard InChI is InChI=1S/C28H32N6O4/c1-19(35)10-4-2-7-15-24(32-28(38)34-25(36)18-30-33-34)27(37)29-17-16-22-21-13-8-9-14-23(21)31-26(22)20-11-5-3-6-12-20/h3,5-6,8-9,11-14,24,31H,2,4,7,10,15-18H2,1H3,(H,29,37)(H,32,38)/t24-/m0/s1. The number of fused-ring (bicyclic) bond motifs is 1. The Morgan fingerprint density at radius 2 is 1.79 bits per heavy atom. The van der Waals surface area contributed by atoms with E-state index in [1.807, 2.05) is 48.5 Å². The number of imide groups is 1. The van der Waals surface area contributed by atoms with Gasteiger partial charge in [0, 0.05) is 29.6 Å². The molecule has 0 fully saturated rings. The molecule has 38 heavy (non-hydrogen) atoms. The number of para-hydroxylation sites is 1. The molecule has 0 aliphatic carbocycles. The highest BCUT2D eigenvalue weighted by Gasteiger charge is 2.29. The number of hydrogen-bond acceptors (Lipinski definition) is 6. The first-order chi connectivity index (χ1) is 18.4. The van der Waals surface area contributed by atoms with Crippen LogP contribution in [0.5, 0.6) is 0 Å². The van der Waals surface area contributed by atoms with E-state index >= 15 is 0 Å². The zero-order valence-corrected chi connectivity index (χ0v) is 21.4. The van der Waals surface area contributed by atoms with Crippen LogP contribution in [0.15, 0.2) is 64.9 Å². The number of amides is 4. The van der Waals surface area contributed by atoms with Gasteiger partial charge in [-0.2, -0.15) is 5.11 Å². The first kappa shape index (κ1) is 26.7. The minimum Gasteiger partial charge on any atom is -0.354 e. The SMILES string of the molecule is CC(=O)CCCCC[C@H](NC(=O)N1N=NCC1=O)C(=O)NCCc1c(-c2ccccc2)[nH]c2ccccc12. The molecule has 0 saturated carbocycles. The average molecular weight is 517 g/mol. The van der Waals surface area contributed by atoms with Crippen molar-refractivity contribution in [2.45, 2.75) is 51.5 Å². The van der Waals surface area contributed by atoms with Crippen molar-refractivity contribution in [2.75, 3.05) is 13.1 Å². The van der Waals surface area contributed by atoms with Crippen molar-refractivity contribution < 1.29 is 19.2 Å². The summed E-state index contributed by atoms with van der Waals surface area (Å²) in [6.07, 6.45) is 3.55. The van der Waals surface area contributed by atoms with Crippen LogP contribution in [0, 0.1) is 0 Å². The Balaban J connectivity index is 1.42. The number of urea groups is 1. The van der Waals surface area contributed by atoms with E-state index in [9.17, 15) is 19.2 Å². The second-order valence-corrected chi connectivity index (χ2v) is 9.33. The quantitative estimate of drug-likeness (QED) is 0.309. The largest absolute Gasteiger partial charge is 0.354 e. The normalized spacial score (nSPS) is 13.6. The van der Waals surface area contributed by atoms with E-state index in [1.165, 1.54) is 0 Å². The molecule has 0 unspecified atom stereocenters. The van der Waals surface area contributed by atoms with Crippen molar-refractivity contribution in [3.8, 4) is 11.3 Å². The zero-order chi connectivity index (χ0) is 26.9. The summed E-state index contributed by atoms with van der Waals surface area (Å²) < 4.78 is 0. The Morgan fingerprint density at radius 3 is 2.53 bits per heavy atom. The third kappa shape index (κ3) is 6.70. The highest BCUT2D eigenvalue weighted by Crippen LogP contribution is 2.30. The topological polar surface area (TPSA) is 136 Å². The summed E-state index contributed by atoms with van der Waals surface area (Å²) in [6.45, 7) is 1.72. The maximum absolute atomic E-state index is 13.1. The maximum Gasteiger partial charge on any atom is 0.347 e. The first-order valence-electron chi connectivity index (χ1n) is 12.9. The Labute approximate surface area is 220 Å².